The van der Waals surface area contributed by atoms with Crippen LogP contribution in [0.5, 0.6) is 0 Å². The first-order valence-electron chi connectivity index (χ1n) is 6.47. The van der Waals surface area contributed by atoms with Gasteiger partial charge in [0.15, 0.2) is 0 Å². The van der Waals surface area contributed by atoms with Crippen molar-refractivity contribution in [2.24, 2.45) is 0 Å². The quantitative estimate of drug-likeness (QED) is 0.804. The van der Waals surface area contributed by atoms with Crippen molar-refractivity contribution in [1.82, 2.24) is 19.9 Å². The van der Waals surface area contributed by atoms with E-state index in [1.54, 1.807) is 4.52 Å². The molecule has 0 fully saturated rings. The van der Waals surface area contributed by atoms with Crippen molar-refractivity contribution in [2.45, 2.75) is 13.3 Å². The third-order valence-corrected chi connectivity index (χ3v) is 3.92. The standard InChI is InChI=1S/C14H13FN4OS/c1-9-8-19-14(17-9)21-12(18-19)6-7-16-13(20)10-2-4-11(15)5-3-10/h2-5,8H,6-7H2,1H3,(H,16,20). The van der Waals surface area contributed by atoms with Gasteiger partial charge in [-0.3, -0.25) is 4.79 Å². The Labute approximate surface area is 124 Å². The van der Waals surface area contributed by atoms with Crippen LogP contribution >= 0.6 is 11.3 Å². The first-order chi connectivity index (χ1) is 10.1. The van der Waals surface area contributed by atoms with Gasteiger partial charge in [-0.2, -0.15) is 5.10 Å². The molecule has 0 atom stereocenters. The fourth-order valence-electron chi connectivity index (χ4n) is 1.94. The number of aromatic nitrogens is 3. The van der Waals surface area contributed by atoms with Crippen LogP contribution in [0.15, 0.2) is 30.5 Å². The van der Waals surface area contributed by atoms with Crippen molar-refractivity contribution in [3.63, 3.8) is 0 Å². The van der Waals surface area contributed by atoms with Crippen LogP contribution < -0.4 is 5.32 Å². The normalized spacial score (nSPS) is 11.0. The van der Waals surface area contributed by atoms with Gasteiger partial charge in [-0.1, -0.05) is 11.3 Å². The fraction of sp³-hybridized carbons (Fsp3) is 0.214. The third kappa shape index (κ3) is 3.08. The maximum atomic E-state index is 12.8. The number of carbonyl (C=O) groups is 1. The summed E-state index contributed by atoms with van der Waals surface area (Å²) in [7, 11) is 0. The maximum Gasteiger partial charge on any atom is 0.251 e. The molecule has 0 bridgehead atoms. The van der Waals surface area contributed by atoms with Crippen LogP contribution in [0.2, 0.25) is 0 Å². The Bertz CT molecular complexity index is 746. The number of carbonyl (C=O) groups excluding carboxylic acids is 1. The van der Waals surface area contributed by atoms with Crippen LogP contribution in [0.3, 0.4) is 0 Å². The lowest BCUT2D eigenvalue weighted by atomic mass is 10.2. The molecule has 2 heterocycles. The van der Waals surface area contributed by atoms with E-state index in [9.17, 15) is 9.18 Å². The topological polar surface area (TPSA) is 59.3 Å². The molecule has 0 unspecified atom stereocenters. The highest BCUT2D eigenvalue weighted by Crippen LogP contribution is 2.14. The van der Waals surface area contributed by atoms with Gasteiger partial charge in [-0.05, 0) is 31.2 Å². The first kappa shape index (κ1) is 13.7. The molecule has 0 spiro atoms. The number of aryl methyl sites for hydroxylation is 1. The highest BCUT2D eigenvalue weighted by Gasteiger charge is 2.08. The van der Waals surface area contributed by atoms with Crippen LogP contribution in [0.1, 0.15) is 21.1 Å². The highest BCUT2D eigenvalue weighted by molar-refractivity contribution is 7.16. The second kappa shape index (κ2) is 5.61. The van der Waals surface area contributed by atoms with Crippen molar-refractivity contribution in [1.29, 1.82) is 0 Å². The molecule has 0 aliphatic carbocycles. The zero-order valence-electron chi connectivity index (χ0n) is 11.3. The number of amides is 1. The van der Waals surface area contributed by atoms with Gasteiger partial charge in [0.2, 0.25) is 4.96 Å². The Kier molecular flexibility index (Phi) is 3.66. The Hall–Kier alpha value is -2.28. The summed E-state index contributed by atoms with van der Waals surface area (Å²) in [5, 5.41) is 8.09. The lowest BCUT2D eigenvalue weighted by Gasteiger charge is -2.03. The van der Waals surface area contributed by atoms with Gasteiger partial charge in [0, 0.05) is 18.5 Å². The average Bonchev–Trinajstić information content (AvgIpc) is 2.96. The monoisotopic (exact) mass is 304 g/mol. The molecule has 0 aliphatic rings. The molecule has 1 amide bonds. The number of halogens is 1. The summed E-state index contributed by atoms with van der Waals surface area (Å²) in [6.07, 6.45) is 2.51. The molecule has 3 rings (SSSR count). The molecule has 1 N–H and O–H groups in total. The van der Waals surface area contributed by atoms with Crippen LogP contribution in [0.4, 0.5) is 4.39 Å². The number of fused-ring (bicyclic) bond motifs is 1. The Morgan fingerprint density at radius 3 is 2.86 bits per heavy atom. The van der Waals surface area contributed by atoms with Gasteiger partial charge >= 0.3 is 0 Å². The number of hydrogen-bond acceptors (Lipinski definition) is 4. The van der Waals surface area contributed by atoms with E-state index in [-0.39, 0.29) is 11.7 Å². The molecular weight excluding hydrogens is 291 g/mol. The second-order valence-corrected chi connectivity index (χ2v) is 5.66. The van der Waals surface area contributed by atoms with Crippen LogP contribution in [-0.2, 0) is 6.42 Å². The highest BCUT2D eigenvalue weighted by atomic mass is 32.1. The molecular formula is C14H13FN4OS. The molecule has 5 nitrogen and oxygen atoms in total. The van der Waals surface area contributed by atoms with Crippen molar-refractivity contribution in [2.75, 3.05) is 6.54 Å². The predicted octanol–water partition coefficient (Wildman–Crippen LogP) is 2.21. The lowest BCUT2D eigenvalue weighted by molar-refractivity contribution is 0.0954. The van der Waals surface area contributed by atoms with Crippen LogP contribution in [0, 0.1) is 12.7 Å². The number of imidazole rings is 1. The molecule has 2 aromatic heterocycles. The molecule has 0 aliphatic heterocycles. The van der Waals surface area contributed by atoms with Crippen molar-refractivity contribution >= 4 is 22.2 Å². The lowest BCUT2D eigenvalue weighted by Crippen LogP contribution is -2.25. The number of nitrogens with zero attached hydrogens (tertiary/aromatic N) is 3. The molecule has 0 radical (unpaired) electrons. The zero-order valence-corrected chi connectivity index (χ0v) is 12.2. The van der Waals surface area contributed by atoms with Crippen molar-refractivity contribution < 1.29 is 9.18 Å². The third-order valence-electron chi connectivity index (χ3n) is 2.94. The van der Waals surface area contributed by atoms with Crippen LogP contribution in [0.25, 0.3) is 4.96 Å². The molecule has 108 valence electrons. The summed E-state index contributed by atoms with van der Waals surface area (Å²) in [5.74, 6) is -0.569. The summed E-state index contributed by atoms with van der Waals surface area (Å²) in [5.41, 5.74) is 1.38. The molecule has 3 aromatic rings. The molecule has 7 heteroatoms. The van der Waals surface area contributed by atoms with E-state index in [1.807, 2.05) is 13.1 Å². The Balaban J connectivity index is 1.56. The minimum atomic E-state index is -0.354. The maximum absolute atomic E-state index is 12.8. The van der Waals surface area contributed by atoms with E-state index >= 15 is 0 Å². The smallest absolute Gasteiger partial charge is 0.251 e. The SMILES string of the molecule is Cc1cn2nc(CCNC(=O)c3ccc(F)cc3)sc2n1. The predicted molar refractivity (Wildman–Crippen MR) is 78.0 cm³/mol. The number of benzene rings is 1. The summed E-state index contributed by atoms with van der Waals surface area (Å²) in [4.78, 5) is 17.0. The Morgan fingerprint density at radius 1 is 1.38 bits per heavy atom. The number of hydrogen-bond donors (Lipinski definition) is 1. The van der Waals surface area contributed by atoms with E-state index in [4.69, 9.17) is 0 Å². The summed E-state index contributed by atoms with van der Waals surface area (Å²) in [6.45, 7) is 2.40. The average molecular weight is 304 g/mol. The van der Waals surface area contributed by atoms with Gasteiger partial charge in [-0.15, -0.1) is 0 Å². The van der Waals surface area contributed by atoms with Gasteiger partial charge in [0.25, 0.3) is 5.91 Å². The van der Waals surface area contributed by atoms with Gasteiger partial charge in [0.05, 0.1) is 11.9 Å². The van der Waals surface area contributed by atoms with Gasteiger partial charge < -0.3 is 5.32 Å². The second-order valence-electron chi connectivity index (χ2n) is 4.62. The fourth-order valence-corrected chi connectivity index (χ4v) is 2.86. The summed E-state index contributed by atoms with van der Waals surface area (Å²) < 4.78 is 14.5. The number of rotatable bonds is 4. The molecule has 21 heavy (non-hydrogen) atoms. The van der Waals surface area contributed by atoms with E-state index < -0.39 is 0 Å². The minimum Gasteiger partial charge on any atom is -0.352 e. The van der Waals surface area contributed by atoms with Gasteiger partial charge in [0.1, 0.15) is 10.8 Å². The summed E-state index contributed by atoms with van der Waals surface area (Å²) in [6, 6.07) is 5.47. The Morgan fingerprint density at radius 2 is 2.14 bits per heavy atom. The molecule has 0 saturated carbocycles. The summed E-state index contributed by atoms with van der Waals surface area (Å²) >= 11 is 1.51. The van der Waals surface area contributed by atoms with Crippen molar-refractivity contribution in [3.05, 3.63) is 52.5 Å². The minimum absolute atomic E-state index is 0.216. The molecule has 1 aromatic carbocycles. The largest absolute Gasteiger partial charge is 0.352 e. The van der Waals surface area contributed by atoms with Crippen LogP contribution in [-0.4, -0.2) is 27.0 Å². The van der Waals surface area contributed by atoms with Crippen molar-refractivity contribution in [3.8, 4) is 0 Å². The number of nitrogens with one attached hydrogen (secondary N) is 1. The van der Waals surface area contributed by atoms with E-state index in [0.29, 0.717) is 18.5 Å². The van der Waals surface area contributed by atoms with Gasteiger partial charge in [-0.25, -0.2) is 13.9 Å². The van der Waals surface area contributed by atoms with E-state index in [0.717, 1.165) is 15.7 Å². The first-order valence-corrected chi connectivity index (χ1v) is 7.29. The van der Waals surface area contributed by atoms with E-state index in [1.165, 1.54) is 35.6 Å². The molecule has 0 saturated heterocycles. The zero-order chi connectivity index (χ0) is 14.8. The van der Waals surface area contributed by atoms with E-state index in [2.05, 4.69) is 15.4 Å².